The quantitative estimate of drug-likeness (QED) is 0.151. The van der Waals surface area contributed by atoms with Gasteiger partial charge in [-0.3, -0.25) is 14.5 Å². The zero-order valence-corrected chi connectivity index (χ0v) is 22.5. The van der Waals surface area contributed by atoms with Gasteiger partial charge in [-0.05, 0) is 61.9 Å². The molecule has 0 bridgehead atoms. The Hall–Kier alpha value is -5.32. The van der Waals surface area contributed by atoms with Crippen molar-refractivity contribution in [1.29, 1.82) is 0 Å². The highest BCUT2D eigenvalue weighted by Gasteiger charge is 2.48. The number of ketones is 1. The van der Waals surface area contributed by atoms with Gasteiger partial charge >= 0.3 is 11.9 Å². The van der Waals surface area contributed by atoms with E-state index >= 15 is 0 Å². The number of rotatable bonds is 9. The van der Waals surface area contributed by atoms with E-state index in [0.29, 0.717) is 34.7 Å². The van der Waals surface area contributed by atoms with Crippen molar-refractivity contribution >= 4 is 40.4 Å². The molecular formula is C30H27N3O8. The van der Waals surface area contributed by atoms with E-state index in [1.54, 1.807) is 49.4 Å². The highest BCUT2D eigenvalue weighted by atomic mass is 16.5. The summed E-state index contributed by atoms with van der Waals surface area (Å²) in [5.41, 5.74) is 1.27. The van der Waals surface area contributed by atoms with E-state index in [0.717, 1.165) is 4.90 Å². The highest BCUT2D eigenvalue weighted by Crippen LogP contribution is 2.44. The van der Waals surface area contributed by atoms with E-state index in [-0.39, 0.29) is 35.0 Å². The monoisotopic (exact) mass is 557 g/mol. The molecule has 2 heterocycles. The third kappa shape index (κ3) is 4.93. The minimum atomic E-state index is -1.12. The molecule has 210 valence electrons. The number of hydrogen-bond donors (Lipinski definition) is 3. The number of fused-ring (bicyclic) bond motifs is 1. The summed E-state index contributed by atoms with van der Waals surface area (Å²) in [5.74, 6) is -2.15. The van der Waals surface area contributed by atoms with E-state index in [4.69, 9.17) is 14.2 Å². The molecule has 41 heavy (non-hydrogen) atoms. The Bertz CT molecular complexity index is 1710. The van der Waals surface area contributed by atoms with Gasteiger partial charge in [-0.2, -0.15) is 0 Å². The third-order valence-electron chi connectivity index (χ3n) is 6.62. The number of aromatic nitrogens is 2. The lowest BCUT2D eigenvalue weighted by atomic mass is 9.95. The molecule has 5 rings (SSSR count). The molecular weight excluding hydrogens is 530 g/mol. The summed E-state index contributed by atoms with van der Waals surface area (Å²) in [7, 11) is 1.49. The van der Waals surface area contributed by atoms with Crippen LogP contribution in [0.4, 0.5) is 5.95 Å². The Morgan fingerprint density at radius 2 is 1.76 bits per heavy atom. The van der Waals surface area contributed by atoms with Gasteiger partial charge in [0.1, 0.15) is 23.0 Å². The van der Waals surface area contributed by atoms with Gasteiger partial charge in [-0.1, -0.05) is 12.1 Å². The van der Waals surface area contributed by atoms with Crippen molar-refractivity contribution in [2.24, 2.45) is 0 Å². The number of carbonyl (C=O) groups is 3. The number of carboxylic acid groups (broad SMARTS) is 1. The van der Waals surface area contributed by atoms with Crippen LogP contribution in [0.5, 0.6) is 17.2 Å². The van der Waals surface area contributed by atoms with Gasteiger partial charge in [-0.25, -0.2) is 9.78 Å². The molecule has 1 saturated heterocycles. The smallest absolute Gasteiger partial charge is 0.335 e. The van der Waals surface area contributed by atoms with Crippen LogP contribution in [0.25, 0.3) is 16.8 Å². The number of hydrogen-bond acceptors (Lipinski definition) is 8. The molecule has 1 aromatic heterocycles. The zero-order valence-electron chi connectivity index (χ0n) is 22.5. The number of aliphatic hydroxyl groups excluding tert-OH is 1. The number of aromatic carboxylic acids is 1. The Balaban J connectivity index is 1.72. The topological polar surface area (TPSA) is 151 Å². The summed E-state index contributed by atoms with van der Waals surface area (Å²) >= 11 is 0. The molecule has 0 spiro atoms. The summed E-state index contributed by atoms with van der Waals surface area (Å²) in [6.45, 7) is 4.32. The lowest BCUT2D eigenvalue weighted by Crippen LogP contribution is -2.30. The van der Waals surface area contributed by atoms with Crippen LogP contribution in [-0.2, 0) is 9.59 Å². The summed E-state index contributed by atoms with van der Waals surface area (Å²) in [6, 6.07) is 14.8. The lowest BCUT2D eigenvalue weighted by Gasteiger charge is -2.23. The Kier molecular flexibility index (Phi) is 7.34. The number of amides is 1. The van der Waals surface area contributed by atoms with E-state index in [1.807, 2.05) is 6.92 Å². The van der Waals surface area contributed by atoms with Crippen molar-refractivity contribution in [2.45, 2.75) is 19.9 Å². The van der Waals surface area contributed by atoms with E-state index in [2.05, 4.69) is 9.97 Å². The van der Waals surface area contributed by atoms with Crippen molar-refractivity contribution in [1.82, 2.24) is 9.97 Å². The van der Waals surface area contributed by atoms with Crippen LogP contribution in [0.15, 0.2) is 66.2 Å². The largest absolute Gasteiger partial charge is 0.507 e. The number of carboxylic acids is 1. The molecule has 11 heteroatoms. The Morgan fingerprint density at radius 3 is 2.46 bits per heavy atom. The molecule has 11 nitrogen and oxygen atoms in total. The fourth-order valence-electron chi connectivity index (χ4n) is 4.80. The van der Waals surface area contributed by atoms with Crippen LogP contribution in [0.3, 0.4) is 0 Å². The number of Topliss-reactive ketones (excluding diaryl/α,β-unsaturated/α-hetero) is 1. The third-order valence-corrected chi connectivity index (χ3v) is 6.62. The van der Waals surface area contributed by atoms with Gasteiger partial charge in [0.2, 0.25) is 5.95 Å². The first-order chi connectivity index (χ1) is 19.8. The first-order valence-corrected chi connectivity index (χ1v) is 12.8. The van der Waals surface area contributed by atoms with Crippen LogP contribution in [0, 0.1) is 0 Å². The van der Waals surface area contributed by atoms with Gasteiger partial charge < -0.3 is 29.4 Å². The van der Waals surface area contributed by atoms with Crippen molar-refractivity contribution in [3.05, 3.63) is 82.9 Å². The van der Waals surface area contributed by atoms with Gasteiger partial charge in [0.15, 0.2) is 0 Å². The number of carbonyl (C=O) groups excluding carboxylic acids is 2. The van der Waals surface area contributed by atoms with Crippen molar-refractivity contribution in [2.75, 3.05) is 25.2 Å². The summed E-state index contributed by atoms with van der Waals surface area (Å²) < 4.78 is 16.7. The number of methoxy groups -OCH3 is 1. The molecule has 1 atom stereocenters. The van der Waals surface area contributed by atoms with Crippen LogP contribution in [0.1, 0.15) is 41.4 Å². The first kappa shape index (κ1) is 27.3. The molecule has 0 radical (unpaired) electrons. The molecule has 1 amide bonds. The van der Waals surface area contributed by atoms with Crippen LogP contribution < -0.4 is 19.1 Å². The molecule has 0 aliphatic carbocycles. The fraction of sp³-hybridized carbons (Fsp3) is 0.200. The van der Waals surface area contributed by atoms with Gasteiger partial charge in [0.05, 0.1) is 54.1 Å². The zero-order chi connectivity index (χ0) is 29.3. The molecule has 0 saturated carbocycles. The van der Waals surface area contributed by atoms with Gasteiger partial charge in [-0.15, -0.1) is 0 Å². The number of nitrogens with zero attached hydrogens (tertiary/aromatic N) is 2. The number of aliphatic hydroxyl groups is 1. The van der Waals surface area contributed by atoms with Crippen LogP contribution in [0.2, 0.25) is 0 Å². The van der Waals surface area contributed by atoms with E-state index in [9.17, 15) is 24.6 Å². The number of H-pyrrole nitrogens is 1. The molecule has 3 aromatic carbocycles. The fourth-order valence-corrected chi connectivity index (χ4v) is 4.80. The number of benzene rings is 3. The number of anilines is 1. The van der Waals surface area contributed by atoms with Crippen LogP contribution in [-0.4, -0.2) is 58.2 Å². The maximum Gasteiger partial charge on any atom is 0.335 e. The van der Waals surface area contributed by atoms with Crippen molar-refractivity contribution in [3.8, 4) is 17.2 Å². The minimum absolute atomic E-state index is 0.00762. The Labute approximate surface area is 234 Å². The van der Waals surface area contributed by atoms with Crippen LogP contribution >= 0.6 is 0 Å². The predicted octanol–water partition coefficient (Wildman–Crippen LogP) is 4.69. The summed E-state index contributed by atoms with van der Waals surface area (Å²) in [5, 5.41) is 21.0. The van der Waals surface area contributed by atoms with Crippen molar-refractivity contribution in [3.63, 3.8) is 0 Å². The minimum Gasteiger partial charge on any atom is -0.507 e. The maximum absolute atomic E-state index is 13.6. The van der Waals surface area contributed by atoms with E-state index < -0.39 is 29.5 Å². The molecule has 1 aliphatic heterocycles. The summed E-state index contributed by atoms with van der Waals surface area (Å²) in [4.78, 5) is 47.3. The first-order valence-electron chi connectivity index (χ1n) is 12.8. The molecule has 1 fully saturated rings. The molecule has 3 N–H and O–H groups in total. The SMILES string of the molecule is CCOc1ccc(/C(O)=C2\C(=O)C(=O)N(c3nc4ccc(C(=O)O)cc4[nH]3)C2c2cccc(OC)c2)c(OCC)c1. The standard InChI is InChI=1S/C30H27N3O8/c1-4-40-19-10-11-20(23(15-19)41-5-2)26(34)24-25(16-7-6-8-18(13-16)39-3)33(28(36)27(24)35)30-31-21-12-9-17(29(37)38)14-22(21)32-30/h6-15,25,34H,4-5H2,1-3H3,(H,31,32)(H,37,38)/b26-24+. The second kappa shape index (κ2) is 11.0. The normalized spacial score (nSPS) is 16.3. The predicted molar refractivity (Wildman–Crippen MR) is 150 cm³/mol. The average Bonchev–Trinajstić information content (AvgIpc) is 3.50. The second-order valence-corrected chi connectivity index (χ2v) is 9.07. The summed E-state index contributed by atoms with van der Waals surface area (Å²) in [6.07, 6.45) is 0. The lowest BCUT2D eigenvalue weighted by molar-refractivity contribution is -0.132. The highest BCUT2D eigenvalue weighted by molar-refractivity contribution is 6.51. The number of ether oxygens (including phenoxy) is 3. The van der Waals surface area contributed by atoms with Gasteiger partial charge in [0, 0.05) is 6.07 Å². The molecule has 4 aromatic rings. The molecule has 1 aliphatic rings. The number of nitrogens with one attached hydrogen (secondary N) is 1. The maximum atomic E-state index is 13.6. The average molecular weight is 558 g/mol. The van der Waals surface area contributed by atoms with Crippen molar-refractivity contribution < 1.29 is 38.8 Å². The second-order valence-electron chi connectivity index (χ2n) is 9.07. The number of imidazole rings is 1. The molecule has 1 unspecified atom stereocenters. The van der Waals surface area contributed by atoms with E-state index in [1.165, 1.54) is 25.3 Å². The number of aromatic amines is 1. The van der Waals surface area contributed by atoms with Gasteiger partial charge in [0.25, 0.3) is 5.78 Å². The Morgan fingerprint density at radius 1 is 0.976 bits per heavy atom.